The summed E-state index contributed by atoms with van der Waals surface area (Å²) in [5, 5.41) is 6.12. The van der Waals surface area contributed by atoms with Gasteiger partial charge in [-0.2, -0.15) is 0 Å². The van der Waals surface area contributed by atoms with Crippen LogP contribution in [-0.4, -0.2) is 54.5 Å². The van der Waals surface area contributed by atoms with E-state index < -0.39 is 41.6 Å². The number of H-pyrrole nitrogens is 1. The van der Waals surface area contributed by atoms with Gasteiger partial charge in [-0.3, -0.25) is 14.4 Å². The Hall–Kier alpha value is -4.67. The number of carbonyl (C=O) groups is 4. The van der Waals surface area contributed by atoms with E-state index in [0.29, 0.717) is 22.2 Å². The number of nitrogens with one attached hydrogen (secondary N) is 3. The number of halogens is 1. The second-order valence-electron chi connectivity index (χ2n) is 8.70. The number of primary amides is 1. The first-order valence-electron chi connectivity index (χ1n) is 12.3. The smallest absolute Gasteiger partial charge is 0.330 e. The molecule has 0 fully saturated rings. The van der Waals surface area contributed by atoms with Crippen molar-refractivity contribution in [3.05, 3.63) is 77.8 Å². The van der Waals surface area contributed by atoms with Gasteiger partial charge in [0.1, 0.15) is 23.3 Å². The maximum absolute atomic E-state index is 13.9. The number of aromatic nitrogens is 1. The topological polar surface area (TPSA) is 153 Å². The fraction of sp³-hybridized carbons (Fsp3) is 0.286. The maximum Gasteiger partial charge on any atom is 0.330 e. The third kappa shape index (κ3) is 8.42. The summed E-state index contributed by atoms with van der Waals surface area (Å²) in [5.41, 5.74) is 6.60. The molecule has 206 valence electrons. The van der Waals surface area contributed by atoms with Crippen LogP contribution in [0.15, 0.2) is 60.7 Å². The number of benzene rings is 2. The Labute approximate surface area is 224 Å². The number of amides is 3. The van der Waals surface area contributed by atoms with Gasteiger partial charge in [0.2, 0.25) is 11.8 Å². The van der Waals surface area contributed by atoms with Gasteiger partial charge in [0, 0.05) is 35.9 Å². The first-order chi connectivity index (χ1) is 18.7. The van der Waals surface area contributed by atoms with Gasteiger partial charge < -0.3 is 30.8 Å². The molecule has 0 aliphatic rings. The van der Waals surface area contributed by atoms with Crippen LogP contribution >= 0.6 is 0 Å². The predicted molar refractivity (Wildman–Crippen MR) is 142 cm³/mol. The van der Waals surface area contributed by atoms with Gasteiger partial charge in [-0.05, 0) is 49.2 Å². The van der Waals surface area contributed by atoms with Crippen LogP contribution in [0.5, 0.6) is 5.75 Å². The van der Waals surface area contributed by atoms with Gasteiger partial charge in [0.05, 0.1) is 13.7 Å². The first kappa shape index (κ1) is 28.9. The largest absolute Gasteiger partial charge is 0.496 e. The van der Waals surface area contributed by atoms with E-state index in [-0.39, 0.29) is 31.6 Å². The SMILES string of the molecule is CCOC(=O)/C=C/[C@H](CCC(N)=O)NC(=O)[C@H](Cc1cccc(F)c1)NC(=O)c1cc2c(OC)cccc2[nH]1. The second-order valence-corrected chi connectivity index (χ2v) is 8.70. The molecular formula is C28H31FN4O6. The predicted octanol–water partition coefficient (Wildman–Crippen LogP) is 2.53. The lowest BCUT2D eigenvalue weighted by molar-refractivity contribution is -0.137. The average molecular weight is 539 g/mol. The number of hydrogen-bond acceptors (Lipinski definition) is 6. The number of hydrogen-bond donors (Lipinski definition) is 4. The lowest BCUT2D eigenvalue weighted by Gasteiger charge is -2.22. The Morgan fingerprint density at radius 3 is 2.56 bits per heavy atom. The number of fused-ring (bicyclic) bond motifs is 1. The molecule has 0 unspecified atom stereocenters. The van der Waals surface area contributed by atoms with Crippen molar-refractivity contribution in [2.45, 2.75) is 38.3 Å². The van der Waals surface area contributed by atoms with Gasteiger partial charge in [-0.1, -0.05) is 24.3 Å². The monoisotopic (exact) mass is 538 g/mol. The summed E-state index contributed by atoms with van der Waals surface area (Å²) in [5.74, 6) is -2.29. The quantitative estimate of drug-likeness (QED) is 0.194. The maximum atomic E-state index is 13.9. The van der Waals surface area contributed by atoms with E-state index in [1.807, 2.05) is 0 Å². The molecule has 11 heteroatoms. The van der Waals surface area contributed by atoms with E-state index in [0.717, 1.165) is 6.08 Å². The number of nitrogens with two attached hydrogens (primary N) is 1. The highest BCUT2D eigenvalue weighted by atomic mass is 19.1. The highest BCUT2D eigenvalue weighted by molar-refractivity contribution is 6.01. The molecule has 1 aromatic heterocycles. The Balaban J connectivity index is 1.85. The van der Waals surface area contributed by atoms with Crippen LogP contribution in [0.3, 0.4) is 0 Å². The zero-order chi connectivity index (χ0) is 28.4. The molecule has 3 aromatic rings. The molecule has 0 bridgehead atoms. The normalized spacial score (nSPS) is 12.6. The van der Waals surface area contributed by atoms with Crippen LogP contribution in [0.2, 0.25) is 0 Å². The van der Waals surface area contributed by atoms with Crippen molar-refractivity contribution in [3.63, 3.8) is 0 Å². The Kier molecular flexibility index (Phi) is 10.2. The van der Waals surface area contributed by atoms with Gasteiger partial charge >= 0.3 is 5.97 Å². The van der Waals surface area contributed by atoms with Crippen LogP contribution in [-0.2, 0) is 25.5 Å². The highest BCUT2D eigenvalue weighted by Gasteiger charge is 2.25. The van der Waals surface area contributed by atoms with Crippen molar-refractivity contribution in [1.82, 2.24) is 15.6 Å². The minimum Gasteiger partial charge on any atom is -0.496 e. The van der Waals surface area contributed by atoms with Crippen molar-refractivity contribution in [2.24, 2.45) is 5.73 Å². The van der Waals surface area contributed by atoms with Crippen LogP contribution in [0, 0.1) is 5.82 Å². The summed E-state index contributed by atoms with van der Waals surface area (Å²) >= 11 is 0. The van der Waals surface area contributed by atoms with E-state index >= 15 is 0 Å². The number of aromatic amines is 1. The zero-order valence-electron chi connectivity index (χ0n) is 21.7. The Bertz CT molecular complexity index is 1370. The molecule has 3 amide bonds. The molecule has 10 nitrogen and oxygen atoms in total. The third-order valence-corrected chi connectivity index (χ3v) is 5.82. The van der Waals surface area contributed by atoms with Gasteiger partial charge in [0.25, 0.3) is 5.91 Å². The van der Waals surface area contributed by atoms with Crippen LogP contribution in [0.4, 0.5) is 4.39 Å². The lowest BCUT2D eigenvalue weighted by atomic mass is 10.0. The number of rotatable bonds is 13. The molecule has 0 radical (unpaired) electrons. The fourth-order valence-corrected chi connectivity index (χ4v) is 3.96. The number of carbonyl (C=O) groups excluding carboxylic acids is 4. The number of esters is 1. The van der Waals surface area contributed by atoms with Gasteiger partial charge in [-0.15, -0.1) is 0 Å². The van der Waals surface area contributed by atoms with Crippen LogP contribution in [0.25, 0.3) is 10.9 Å². The summed E-state index contributed by atoms with van der Waals surface area (Å²) in [6.45, 7) is 1.82. The number of ether oxygens (including phenoxy) is 2. The molecule has 39 heavy (non-hydrogen) atoms. The van der Waals surface area contributed by atoms with Crippen molar-refractivity contribution in [1.29, 1.82) is 0 Å². The summed E-state index contributed by atoms with van der Waals surface area (Å²) in [7, 11) is 1.52. The molecule has 0 saturated carbocycles. The number of methoxy groups -OCH3 is 1. The van der Waals surface area contributed by atoms with Crippen molar-refractivity contribution < 1.29 is 33.0 Å². The molecule has 2 atom stereocenters. The average Bonchev–Trinajstić information content (AvgIpc) is 3.35. The molecule has 0 saturated heterocycles. The Morgan fingerprint density at radius 1 is 1.10 bits per heavy atom. The fourth-order valence-electron chi connectivity index (χ4n) is 3.96. The molecule has 0 aliphatic heterocycles. The standard InChI is InChI=1S/C28H31FN4O6/c1-3-39-26(35)13-11-19(10-12-25(30)34)31-27(36)22(15-17-6-4-7-18(29)14-17)33-28(37)23-16-20-21(32-23)8-5-9-24(20)38-2/h4-9,11,13-14,16,19,22,32H,3,10,12,15H2,1-2H3,(H2,30,34)(H,31,36)(H,33,37)/b13-11+/t19-,22-/m0/s1. The second kappa shape index (κ2) is 13.8. The van der Waals surface area contributed by atoms with E-state index in [2.05, 4.69) is 15.6 Å². The van der Waals surface area contributed by atoms with Crippen molar-refractivity contribution in [3.8, 4) is 5.75 Å². The third-order valence-electron chi connectivity index (χ3n) is 5.82. The first-order valence-corrected chi connectivity index (χ1v) is 12.3. The molecule has 5 N–H and O–H groups in total. The van der Waals surface area contributed by atoms with Crippen molar-refractivity contribution >= 4 is 34.6 Å². The minimum absolute atomic E-state index is 0.0248. The summed E-state index contributed by atoms with van der Waals surface area (Å²) in [6.07, 6.45) is 2.57. The van der Waals surface area contributed by atoms with E-state index in [4.69, 9.17) is 15.2 Å². The molecule has 0 aliphatic carbocycles. The molecule has 3 rings (SSSR count). The highest BCUT2D eigenvalue weighted by Crippen LogP contribution is 2.26. The van der Waals surface area contributed by atoms with Crippen LogP contribution < -0.4 is 21.1 Å². The summed E-state index contributed by atoms with van der Waals surface area (Å²) < 4.78 is 24.1. The molecule has 1 heterocycles. The molecule has 0 spiro atoms. The summed E-state index contributed by atoms with van der Waals surface area (Å²) in [6, 6.07) is 10.7. The molecule has 2 aromatic carbocycles. The van der Waals surface area contributed by atoms with E-state index in [1.165, 1.54) is 31.4 Å². The van der Waals surface area contributed by atoms with E-state index in [9.17, 15) is 23.6 Å². The van der Waals surface area contributed by atoms with E-state index in [1.54, 1.807) is 37.3 Å². The lowest BCUT2D eigenvalue weighted by Crippen LogP contribution is -2.50. The van der Waals surface area contributed by atoms with Crippen LogP contribution in [0.1, 0.15) is 35.8 Å². The van der Waals surface area contributed by atoms with Gasteiger partial charge in [-0.25, -0.2) is 9.18 Å². The summed E-state index contributed by atoms with van der Waals surface area (Å²) in [4.78, 5) is 52.7. The molecular weight excluding hydrogens is 507 g/mol. The van der Waals surface area contributed by atoms with Gasteiger partial charge in [0.15, 0.2) is 0 Å². The van der Waals surface area contributed by atoms with Crippen molar-refractivity contribution in [2.75, 3.05) is 13.7 Å². The zero-order valence-corrected chi connectivity index (χ0v) is 21.7. The minimum atomic E-state index is -1.13. The Morgan fingerprint density at radius 2 is 1.87 bits per heavy atom.